The monoisotopic (exact) mass is 265 g/mol. The third-order valence-corrected chi connectivity index (χ3v) is 2.90. The third kappa shape index (κ3) is 3.07. The van der Waals surface area contributed by atoms with Crippen molar-refractivity contribution in [3.63, 3.8) is 0 Å². The van der Waals surface area contributed by atoms with Crippen LogP contribution in [0.25, 0.3) is 5.69 Å². The van der Waals surface area contributed by atoms with E-state index < -0.39 is 0 Å². The highest BCUT2D eigenvalue weighted by Gasteiger charge is 2.01. The number of aromatic nitrogens is 4. The van der Waals surface area contributed by atoms with Gasteiger partial charge in [0.1, 0.15) is 0 Å². The second-order valence-electron chi connectivity index (χ2n) is 4.41. The fourth-order valence-electron chi connectivity index (χ4n) is 1.93. The molecule has 1 N–H and O–H groups in total. The number of hydrogen-bond acceptors (Lipinski definition) is 4. The number of nitrogens with one attached hydrogen (secondary N) is 1. The summed E-state index contributed by atoms with van der Waals surface area (Å²) in [5, 5.41) is 15.7. The Bertz CT molecular complexity index is 648. The average molecular weight is 265 g/mol. The molecule has 0 spiro atoms. The first-order valence-electron chi connectivity index (χ1n) is 6.49. The van der Waals surface area contributed by atoms with Gasteiger partial charge in [-0.05, 0) is 30.3 Å². The van der Waals surface area contributed by atoms with Gasteiger partial charge in [0.2, 0.25) is 0 Å². The van der Waals surface area contributed by atoms with Crippen molar-refractivity contribution in [2.24, 2.45) is 0 Å². The van der Waals surface area contributed by atoms with Crippen molar-refractivity contribution >= 4 is 0 Å². The fourth-order valence-corrected chi connectivity index (χ4v) is 1.93. The van der Waals surface area contributed by atoms with Crippen LogP contribution in [0.3, 0.4) is 0 Å². The van der Waals surface area contributed by atoms with Crippen LogP contribution in [0.5, 0.6) is 0 Å². The van der Waals surface area contributed by atoms with E-state index in [4.69, 9.17) is 0 Å². The Hall–Kier alpha value is -2.53. The Labute approximate surface area is 117 Å². The summed E-state index contributed by atoms with van der Waals surface area (Å²) in [5.74, 6) is 0. The van der Waals surface area contributed by atoms with Gasteiger partial charge in [0, 0.05) is 25.5 Å². The lowest BCUT2D eigenvalue weighted by Crippen LogP contribution is -2.14. The topological polar surface area (TPSA) is 55.6 Å². The summed E-state index contributed by atoms with van der Waals surface area (Å²) in [6, 6.07) is 15.9. The molecule has 5 nitrogen and oxygen atoms in total. The lowest BCUT2D eigenvalue weighted by molar-refractivity contribution is 0.651. The zero-order valence-corrected chi connectivity index (χ0v) is 11.0. The first-order chi connectivity index (χ1) is 9.92. The van der Waals surface area contributed by atoms with Gasteiger partial charge < -0.3 is 5.32 Å². The fraction of sp³-hybridized carbons (Fsp3) is 0.133. The van der Waals surface area contributed by atoms with Gasteiger partial charge in [-0.25, -0.2) is 4.68 Å². The third-order valence-electron chi connectivity index (χ3n) is 2.90. The van der Waals surface area contributed by atoms with Crippen LogP contribution in [0.4, 0.5) is 0 Å². The molecule has 2 heterocycles. The predicted molar refractivity (Wildman–Crippen MR) is 76.1 cm³/mol. The summed E-state index contributed by atoms with van der Waals surface area (Å²) in [4.78, 5) is 0. The molecule has 0 aliphatic heterocycles. The van der Waals surface area contributed by atoms with Crippen molar-refractivity contribution in [1.29, 1.82) is 0 Å². The van der Waals surface area contributed by atoms with Crippen LogP contribution in [-0.4, -0.2) is 20.0 Å². The second kappa shape index (κ2) is 6.08. The van der Waals surface area contributed by atoms with Crippen molar-refractivity contribution in [3.8, 4) is 5.69 Å². The summed E-state index contributed by atoms with van der Waals surface area (Å²) < 4.78 is 1.87. The Morgan fingerprint density at radius 1 is 0.900 bits per heavy atom. The minimum absolute atomic E-state index is 0.687. The molecule has 0 saturated carbocycles. The zero-order valence-electron chi connectivity index (χ0n) is 11.0. The minimum atomic E-state index is 0.687. The van der Waals surface area contributed by atoms with Crippen molar-refractivity contribution < 1.29 is 0 Å². The smallest absolute Gasteiger partial charge is 0.0769 e. The zero-order chi connectivity index (χ0) is 13.6. The summed E-state index contributed by atoms with van der Waals surface area (Å²) in [5.41, 5.74) is 2.99. The molecule has 1 aromatic carbocycles. The molecule has 0 aliphatic rings. The highest BCUT2D eigenvalue weighted by molar-refractivity contribution is 5.30. The highest BCUT2D eigenvalue weighted by Crippen LogP contribution is 2.06. The largest absolute Gasteiger partial charge is 0.305 e. The van der Waals surface area contributed by atoms with Gasteiger partial charge in [0.25, 0.3) is 0 Å². The van der Waals surface area contributed by atoms with Crippen molar-refractivity contribution in [2.75, 3.05) is 0 Å². The molecule has 0 unspecified atom stereocenters. The molecule has 3 rings (SSSR count). The van der Waals surface area contributed by atoms with Crippen molar-refractivity contribution in [2.45, 2.75) is 13.1 Å². The molecule has 100 valence electrons. The molecular formula is C15H15N5. The van der Waals surface area contributed by atoms with Gasteiger partial charge in [-0.3, -0.25) is 0 Å². The molecule has 0 aliphatic carbocycles. The van der Waals surface area contributed by atoms with Gasteiger partial charge in [-0.15, -0.1) is 0 Å². The molecular weight excluding hydrogens is 250 g/mol. The Morgan fingerprint density at radius 3 is 2.55 bits per heavy atom. The van der Waals surface area contributed by atoms with E-state index >= 15 is 0 Å². The van der Waals surface area contributed by atoms with Crippen LogP contribution >= 0.6 is 0 Å². The lowest BCUT2D eigenvalue weighted by Gasteiger charge is -2.02. The first-order valence-corrected chi connectivity index (χ1v) is 6.49. The number of rotatable bonds is 5. The lowest BCUT2D eigenvalue weighted by atomic mass is 10.3. The molecule has 0 radical (unpaired) electrons. The van der Waals surface area contributed by atoms with Crippen LogP contribution in [0.1, 0.15) is 11.4 Å². The van der Waals surface area contributed by atoms with Gasteiger partial charge in [-0.1, -0.05) is 18.2 Å². The maximum Gasteiger partial charge on any atom is 0.0769 e. The van der Waals surface area contributed by atoms with E-state index in [1.54, 1.807) is 6.20 Å². The van der Waals surface area contributed by atoms with Crippen LogP contribution in [-0.2, 0) is 13.1 Å². The molecule has 0 saturated heterocycles. The summed E-state index contributed by atoms with van der Waals surface area (Å²) in [7, 11) is 0. The molecule has 20 heavy (non-hydrogen) atoms. The molecule has 5 heteroatoms. The average Bonchev–Trinajstić information content (AvgIpc) is 2.98. The normalized spacial score (nSPS) is 10.6. The standard InChI is InChI=1S/C15H15N5/c1-2-6-15(7-3-1)20-10-8-14(19-20)12-16-11-13-5-4-9-17-18-13/h1-10,16H,11-12H2. The molecule has 0 amide bonds. The highest BCUT2D eigenvalue weighted by atomic mass is 15.3. The number of benzene rings is 1. The SMILES string of the molecule is c1ccc(-n2ccc(CNCc3cccnn3)n2)cc1. The Morgan fingerprint density at radius 2 is 1.75 bits per heavy atom. The quantitative estimate of drug-likeness (QED) is 0.766. The van der Waals surface area contributed by atoms with E-state index in [-0.39, 0.29) is 0 Å². The summed E-state index contributed by atoms with van der Waals surface area (Å²) >= 11 is 0. The molecule has 0 atom stereocenters. The molecule has 2 aromatic heterocycles. The summed E-state index contributed by atoms with van der Waals surface area (Å²) in [6.07, 6.45) is 3.64. The van der Waals surface area contributed by atoms with Gasteiger partial charge in [0.15, 0.2) is 0 Å². The number of hydrogen-bond donors (Lipinski definition) is 1. The molecule has 0 bridgehead atoms. The van der Waals surface area contributed by atoms with Crippen LogP contribution in [0.2, 0.25) is 0 Å². The van der Waals surface area contributed by atoms with E-state index in [2.05, 4.69) is 20.6 Å². The van der Waals surface area contributed by atoms with E-state index in [0.717, 1.165) is 17.1 Å². The Balaban J connectivity index is 1.58. The van der Waals surface area contributed by atoms with E-state index in [0.29, 0.717) is 13.1 Å². The van der Waals surface area contributed by atoms with Gasteiger partial charge >= 0.3 is 0 Å². The first kappa shape index (κ1) is 12.5. The second-order valence-corrected chi connectivity index (χ2v) is 4.41. The van der Waals surface area contributed by atoms with E-state index in [1.807, 2.05) is 59.4 Å². The van der Waals surface area contributed by atoms with E-state index in [1.165, 1.54) is 0 Å². The minimum Gasteiger partial charge on any atom is -0.305 e. The van der Waals surface area contributed by atoms with Crippen molar-refractivity contribution in [1.82, 2.24) is 25.3 Å². The maximum atomic E-state index is 4.53. The van der Waals surface area contributed by atoms with Crippen LogP contribution < -0.4 is 5.32 Å². The summed E-state index contributed by atoms with van der Waals surface area (Å²) in [6.45, 7) is 1.39. The molecule has 3 aromatic rings. The van der Waals surface area contributed by atoms with Gasteiger partial charge in [-0.2, -0.15) is 15.3 Å². The van der Waals surface area contributed by atoms with Crippen LogP contribution in [0, 0.1) is 0 Å². The predicted octanol–water partition coefficient (Wildman–Crippen LogP) is 1.95. The van der Waals surface area contributed by atoms with Gasteiger partial charge in [0.05, 0.1) is 17.1 Å². The maximum absolute atomic E-state index is 4.53. The molecule has 0 fully saturated rings. The van der Waals surface area contributed by atoms with Crippen molar-refractivity contribution in [3.05, 3.63) is 72.3 Å². The number of nitrogens with zero attached hydrogens (tertiary/aromatic N) is 4. The van der Waals surface area contributed by atoms with E-state index in [9.17, 15) is 0 Å². The number of para-hydroxylation sites is 1. The van der Waals surface area contributed by atoms with Crippen LogP contribution in [0.15, 0.2) is 60.9 Å². The Kier molecular flexibility index (Phi) is 3.80.